The highest BCUT2D eigenvalue weighted by atomic mass is 19.4. The number of benzene rings is 2. The van der Waals surface area contributed by atoms with Crippen LogP contribution in [0.15, 0.2) is 60.7 Å². The molecule has 1 heterocycles. The summed E-state index contributed by atoms with van der Waals surface area (Å²) in [5.41, 5.74) is 0.0858. The molecule has 0 bridgehead atoms. The first-order chi connectivity index (χ1) is 11.0. The van der Waals surface area contributed by atoms with E-state index in [1.165, 1.54) is 4.90 Å². The summed E-state index contributed by atoms with van der Waals surface area (Å²) in [5, 5.41) is 0. The summed E-state index contributed by atoms with van der Waals surface area (Å²) < 4.78 is 39.5. The molecule has 2 aromatic carbocycles. The lowest BCUT2D eigenvalue weighted by atomic mass is 9.76. The van der Waals surface area contributed by atoms with Gasteiger partial charge in [0.05, 0.1) is 17.4 Å². The van der Waals surface area contributed by atoms with Crippen LogP contribution in [0.4, 0.5) is 18.9 Å². The van der Waals surface area contributed by atoms with Crippen LogP contribution in [-0.2, 0) is 4.79 Å². The molecule has 118 valence electrons. The summed E-state index contributed by atoms with van der Waals surface area (Å²) in [6, 6.07) is 17.3. The maximum atomic E-state index is 13.2. The third kappa shape index (κ3) is 1.92. The third-order valence-corrected chi connectivity index (χ3v) is 4.91. The Bertz CT molecular complexity index is 744. The zero-order valence-corrected chi connectivity index (χ0v) is 12.1. The summed E-state index contributed by atoms with van der Waals surface area (Å²) in [4.78, 5) is 14.1. The molecule has 2 fully saturated rings. The van der Waals surface area contributed by atoms with Gasteiger partial charge in [0.1, 0.15) is 0 Å². The fraction of sp³-hybridized carbons (Fsp3) is 0.278. The second-order valence-corrected chi connectivity index (χ2v) is 6.16. The van der Waals surface area contributed by atoms with Gasteiger partial charge in [-0.05, 0) is 24.1 Å². The monoisotopic (exact) mass is 317 g/mol. The van der Waals surface area contributed by atoms with Crippen LogP contribution in [0.5, 0.6) is 0 Å². The third-order valence-electron chi connectivity index (χ3n) is 4.91. The predicted octanol–water partition coefficient (Wildman–Crippen LogP) is 4.34. The molecule has 0 radical (unpaired) electrons. The average molecular weight is 317 g/mol. The average Bonchev–Trinajstić information content (AvgIpc) is 3.32. The molecule has 0 aromatic heterocycles. The van der Waals surface area contributed by atoms with Crippen LogP contribution in [0.2, 0.25) is 0 Å². The second kappa shape index (κ2) is 4.60. The number of hydrogen-bond acceptors (Lipinski definition) is 1. The quantitative estimate of drug-likeness (QED) is 0.754. The molecule has 23 heavy (non-hydrogen) atoms. The van der Waals surface area contributed by atoms with Crippen molar-refractivity contribution >= 4 is 11.6 Å². The summed E-state index contributed by atoms with van der Waals surface area (Å²) in [5.74, 6) is -1.95. The molecule has 0 N–H and O–H groups in total. The van der Waals surface area contributed by atoms with Crippen molar-refractivity contribution in [2.75, 3.05) is 4.90 Å². The van der Waals surface area contributed by atoms with E-state index < -0.39 is 29.5 Å². The number of para-hydroxylation sites is 1. The van der Waals surface area contributed by atoms with E-state index in [1.54, 1.807) is 48.5 Å². The lowest BCUT2D eigenvalue weighted by Gasteiger charge is -2.49. The Kier molecular flexibility index (Phi) is 2.86. The molecule has 1 amide bonds. The van der Waals surface area contributed by atoms with Gasteiger partial charge >= 0.3 is 6.18 Å². The Labute approximate surface area is 131 Å². The summed E-state index contributed by atoms with van der Waals surface area (Å²) in [6.07, 6.45) is -4.44. The summed E-state index contributed by atoms with van der Waals surface area (Å²) >= 11 is 0. The van der Waals surface area contributed by atoms with Crippen LogP contribution in [0, 0.1) is 11.3 Å². The van der Waals surface area contributed by atoms with Crippen molar-refractivity contribution in [2.45, 2.75) is 18.6 Å². The van der Waals surface area contributed by atoms with Crippen molar-refractivity contribution in [3.63, 3.8) is 0 Å². The number of anilines is 1. The maximum absolute atomic E-state index is 13.2. The second-order valence-electron chi connectivity index (χ2n) is 6.16. The lowest BCUT2D eigenvalue weighted by Crippen LogP contribution is -2.59. The Balaban J connectivity index is 1.77. The first-order valence-electron chi connectivity index (χ1n) is 7.46. The molecular formula is C18H14F3NO. The number of nitrogens with zero attached hydrogens (tertiary/aromatic N) is 1. The fourth-order valence-electron chi connectivity index (χ4n) is 3.78. The van der Waals surface area contributed by atoms with Gasteiger partial charge in [0, 0.05) is 5.69 Å². The molecule has 2 nitrogen and oxygen atoms in total. The molecule has 3 atom stereocenters. The van der Waals surface area contributed by atoms with E-state index in [9.17, 15) is 18.0 Å². The highest BCUT2D eigenvalue weighted by Gasteiger charge is 2.81. The summed E-state index contributed by atoms with van der Waals surface area (Å²) in [6.45, 7) is 0. The van der Waals surface area contributed by atoms with Crippen molar-refractivity contribution in [2.24, 2.45) is 11.3 Å². The van der Waals surface area contributed by atoms with E-state index in [2.05, 4.69) is 0 Å². The van der Waals surface area contributed by atoms with E-state index in [1.807, 2.05) is 12.1 Å². The van der Waals surface area contributed by atoms with E-state index in [0.29, 0.717) is 5.69 Å². The predicted molar refractivity (Wildman–Crippen MR) is 79.7 cm³/mol. The number of hydrogen-bond donors (Lipinski definition) is 0. The lowest BCUT2D eigenvalue weighted by molar-refractivity contribution is -0.168. The number of alkyl halides is 3. The maximum Gasteiger partial charge on any atom is 0.392 e. The first-order valence-corrected chi connectivity index (χ1v) is 7.46. The highest BCUT2D eigenvalue weighted by Crippen LogP contribution is 2.73. The van der Waals surface area contributed by atoms with Crippen LogP contribution in [0.1, 0.15) is 18.0 Å². The molecule has 1 aliphatic carbocycles. The van der Waals surface area contributed by atoms with Gasteiger partial charge in [-0.25, -0.2) is 0 Å². The van der Waals surface area contributed by atoms with Gasteiger partial charge < -0.3 is 4.90 Å². The molecule has 1 spiro atoms. The zero-order valence-electron chi connectivity index (χ0n) is 12.1. The normalized spacial score (nSPS) is 29.5. The molecule has 5 heteroatoms. The van der Waals surface area contributed by atoms with Crippen molar-refractivity contribution in [1.82, 2.24) is 0 Å². The number of carbonyl (C=O) groups is 1. The molecular weight excluding hydrogens is 303 g/mol. The number of halogens is 3. The van der Waals surface area contributed by atoms with Crippen molar-refractivity contribution in [1.29, 1.82) is 0 Å². The Morgan fingerprint density at radius 3 is 2.04 bits per heavy atom. The van der Waals surface area contributed by atoms with Gasteiger partial charge in [-0.3, -0.25) is 4.79 Å². The number of rotatable bonds is 2. The van der Waals surface area contributed by atoms with E-state index >= 15 is 0 Å². The number of amides is 1. The Hall–Kier alpha value is -2.30. The van der Waals surface area contributed by atoms with Crippen LogP contribution in [0.3, 0.4) is 0 Å². The van der Waals surface area contributed by atoms with Gasteiger partial charge in [0.15, 0.2) is 0 Å². The fourth-order valence-corrected chi connectivity index (χ4v) is 3.78. The SMILES string of the molecule is O=C1N(c2ccccc2)[C@H](c2ccccc2)[C@]12C[C@@H]2C(F)(F)F. The van der Waals surface area contributed by atoms with E-state index in [0.717, 1.165) is 5.56 Å². The molecule has 0 unspecified atom stereocenters. The van der Waals surface area contributed by atoms with Crippen molar-refractivity contribution in [3.8, 4) is 0 Å². The minimum absolute atomic E-state index is 0.113. The van der Waals surface area contributed by atoms with Gasteiger partial charge in [-0.1, -0.05) is 48.5 Å². The van der Waals surface area contributed by atoms with Crippen LogP contribution >= 0.6 is 0 Å². The summed E-state index contributed by atoms with van der Waals surface area (Å²) in [7, 11) is 0. The van der Waals surface area contributed by atoms with E-state index in [4.69, 9.17) is 0 Å². The number of carbonyl (C=O) groups excluding carboxylic acids is 1. The molecule has 1 aliphatic heterocycles. The number of β-lactam (4-membered cyclic amide) rings is 1. The van der Waals surface area contributed by atoms with Crippen LogP contribution in [-0.4, -0.2) is 12.1 Å². The van der Waals surface area contributed by atoms with Crippen LogP contribution in [0.25, 0.3) is 0 Å². The van der Waals surface area contributed by atoms with Crippen LogP contribution < -0.4 is 4.90 Å². The van der Waals surface area contributed by atoms with E-state index in [-0.39, 0.29) is 6.42 Å². The minimum Gasteiger partial charge on any atom is -0.303 e. The molecule has 4 rings (SSSR count). The molecule has 2 aliphatic rings. The highest BCUT2D eigenvalue weighted by molar-refractivity contribution is 6.08. The Morgan fingerprint density at radius 2 is 1.52 bits per heavy atom. The molecule has 2 aromatic rings. The smallest absolute Gasteiger partial charge is 0.303 e. The van der Waals surface area contributed by atoms with Gasteiger partial charge in [0.25, 0.3) is 0 Å². The van der Waals surface area contributed by atoms with Gasteiger partial charge in [-0.15, -0.1) is 0 Å². The topological polar surface area (TPSA) is 20.3 Å². The van der Waals surface area contributed by atoms with Crippen molar-refractivity contribution < 1.29 is 18.0 Å². The standard InChI is InChI=1S/C18H14F3NO/c19-18(20,21)14-11-17(14)15(12-7-3-1-4-8-12)22(16(17)23)13-9-5-2-6-10-13/h1-10,14-15H,11H2/t14-,15+,17+/m0/s1. The zero-order chi connectivity index (χ0) is 16.2. The van der Waals surface area contributed by atoms with Gasteiger partial charge in [0.2, 0.25) is 5.91 Å². The largest absolute Gasteiger partial charge is 0.392 e. The van der Waals surface area contributed by atoms with Gasteiger partial charge in [-0.2, -0.15) is 13.2 Å². The molecule has 1 saturated heterocycles. The minimum atomic E-state index is -4.33. The first kappa shape index (κ1) is 14.3. The van der Waals surface area contributed by atoms with Crippen molar-refractivity contribution in [3.05, 3.63) is 66.2 Å². The Morgan fingerprint density at radius 1 is 0.957 bits per heavy atom. The molecule has 1 saturated carbocycles.